The number of aromatic nitrogens is 5. The number of piperazine rings is 1. The van der Waals surface area contributed by atoms with Gasteiger partial charge in [-0.25, -0.2) is 4.39 Å². The van der Waals surface area contributed by atoms with Crippen molar-refractivity contribution in [3.05, 3.63) is 48.0 Å². The second-order valence-corrected chi connectivity index (χ2v) is 8.90. The van der Waals surface area contributed by atoms with E-state index in [0.717, 1.165) is 19.6 Å². The van der Waals surface area contributed by atoms with Crippen molar-refractivity contribution >= 4 is 29.3 Å². The Hall–Kier alpha value is -4.30. The summed E-state index contributed by atoms with van der Waals surface area (Å²) in [5.74, 6) is 0.993. The van der Waals surface area contributed by atoms with Crippen LogP contribution in [0.25, 0.3) is 17.4 Å². The van der Waals surface area contributed by atoms with Crippen LogP contribution in [0.15, 0.2) is 41.0 Å². The Morgan fingerprint density at radius 3 is 2.74 bits per heavy atom. The van der Waals surface area contributed by atoms with E-state index in [4.69, 9.17) is 15.3 Å². The third-order valence-corrected chi connectivity index (χ3v) is 6.38. The number of furan rings is 1. The summed E-state index contributed by atoms with van der Waals surface area (Å²) < 4.78 is 21.5. The predicted molar refractivity (Wildman–Crippen MR) is 138 cm³/mol. The predicted octanol–water partition coefficient (Wildman–Crippen LogP) is 0.481. The molecule has 5 rings (SSSR count). The molecule has 4 aromatic rings. The highest BCUT2D eigenvalue weighted by Gasteiger charge is 2.21. The van der Waals surface area contributed by atoms with Crippen LogP contribution < -0.4 is 20.9 Å². The van der Waals surface area contributed by atoms with Crippen LogP contribution in [0, 0.1) is 5.82 Å². The molecule has 4 N–H and O–H groups in total. The van der Waals surface area contributed by atoms with Crippen molar-refractivity contribution in [2.45, 2.75) is 0 Å². The lowest BCUT2D eigenvalue weighted by Gasteiger charge is -2.36. The van der Waals surface area contributed by atoms with Crippen LogP contribution in [0.2, 0.25) is 0 Å². The number of hydrogen-bond donors (Lipinski definition) is 3. The molecule has 0 radical (unpaired) electrons. The highest BCUT2D eigenvalue weighted by molar-refractivity contribution is 5.94. The second kappa shape index (κ2) is 11.0. The molecule has 1 aromatic carbocycles. The van der Waals surface area contributed by atoms with E-state index in [1.54, 1.807) is 30.5 Å². The van der Waals surface area contributed by atoms with Crippen molar-refractivity contribution in [1.82, 2.24) is 34.8 Å². The van der Waals surface area contributed by atoms with Crippen LogP contribution in [0.5, 0.6) is 0 Å². The summed E-state index contributed by atoms with van der Waals surface area (Å²) in [6, 6.07) is 7.98. The summed E-state index contributed by atoms with van der Waals surface area (Å²) in [4.78, 5) is 31.5. The maximum Gasteiger partial charge on any atom is 0.259 e. The molecule has 1 fully saturated rings. The lowest BCUT2D eigenvalue weighted by Crippen LogP contribution is -2.48. The Bertz CT molecular complexity index is 1400. The molecule has 0 unspecified atom stereocenters. The van der Waals surface area contributed by atoms with Gasteiger partial charge in [0.05, 0.1) is 18.6 Å². The van der Waals surface area contributed by atoms with Crippen LogP contribution >= 0.6 is 0 Å². The standard InChI is InChI=1S/C24H29FN10O3/c1-32(23-29-22(26)35-24(30-23)28-20(31-35)19-3-2-14-38-19)7-8-33-9-11-34(12-10-33)18-5-4-16(15-17(18)25)21(37)27-6-13-36/h2-5,14-15,36H,6-13H2,1H3,(H,27,37)(H2,26,28,29,30,31). The Balaban J connectivity index is 1.15. The van der Waals surface area contributed by atoms with Gasteiger partial charge in [0.2, 0.25) is 17.7 Å². The van der Waals surface area contributed by atoms with E-state index in [1.165, 1.54) is 10.6 Å². The zero-order chi connectivity index (χ0) is 26.6. The summed E-state index contributed by atoms with van der Waals surface area (Å²) >= 11 is 0. The topological polar surface area (TPSA) is 154 Å². The second-order valence-electron chi connectivity index (χ2n) is 8.90. The highest BCUT2D eigenvalue weighted by Crippen LogP contribution is 2.22. The van der Waals surface area contributed by atoms with Crippen molar-refractivity contribution in [2.24, 2.45) is 0 Å². The SMILES string of the molecule is CN(CCN1CCN(c2ccc(C(=O)NCCO)cc2F)CC1)c1nc(N)n2nc(-c3ccco3)nc2n1. The number of nitrogens with one attached hydrogen (secondary N) is 1. The van der Waals surface area contributed by atoms with E-state index in [-0.39, 0.29) is 24.7 Å². The third kappa shape index (κ3) is 5.35. The Morgan fingerprint density at radius 1 is 1.21 bits per heavy atom. The molecule has 0 spiro atoms. The van der Waals surface area contributed by atoms with E-state index in [9.17, 15) is 9.18 Å². The van der Waals surface area contributed by atoms with Gasteiger partial charge in [0, 0.05) is 58.4 Å². The number of likely N-dealkylation sites (N-methyl/N-ethyl adjacent to an activating group) is 1. The molecule has 38 heavy (non-hydrogen) atoms. The maximum atomic E-state index is 14.7. The zero-order valence-electron chi connectivity index (χ0n) is 20.9. The molecule has 3 aromatic heterocycles. The smallest absolute Gasteiger partial charge is 0.259 e. The normalized spacial score (nSPS) is 14.2. The molecule has 14 heteroatoms. The highest BCUT2D eigenvalue weighted by atomic mass is 19.1. The fourth-order valence-corrected chi connectivity index (χ4v) is 4.25. The van der Waals surface area contributed by atoms with Crippen molar-refractivity contribution in [3.63, 3.8) is 0 Å². The number of fused-ring (bicyclic) bond motifs is 1. The fraction of sp³-hybridized carbons (Fsp3) is 0.375. The first-order valence-electron chi connectivity index (χ1n) is 12.2. The van der Waals surface area contributed by atoms with Gasteiger partial charge >= 0.3 is 0 Å². The molecule has 0 saturated carbocycles. The minimum absolute atomic E-state index is 0.126. The molecule has 0 aliphatic carbocycles. The first-order chi connectivity index (χ1) is 18.4. The van der Waals surface area contributed by atoms with Gasteiger partial charge in [-0.1, -0.05) is 0 Å². The summed E-state index contributed by atoms with van der Waals surface area (Å²) in [6.07, 6.45) is 1.55. The zero-order valence-corrected chi connectivity index (χ0v) is 20.9. The lowest BCUT2D eigenvalue weighted by molar-refractivity contribution is 0.0944. The minimum atomic E-state index is -0.441. The van der Waals surface area contributed by atoms with E-state index in [2.05, 4.69) is 30.3 Å². The van der Waals surface area contributed by atoms with E-state index in [1.807, 2.05) is 16.8 Å². The molecule has 1 saturated heterocycles. The molecule has 0 atom stereocenters. The number of halogens is 1. The lowest BCUT2D eigenvalue weighted by atomic mass is 10.1. The van der Waals surface area contributed by atoms with Crippen LogP contribution in [-0.2, 0) is 0 Å². The van der Waals surface area contributed by atoms with Gasteiger partial charge in [-0.15, -0.1) is 5.10 Å². The quantitative estimate of drug-likeness (QED) is 0.280. The van der Waals surface area contributed by atoms with Crippen molar-refractivity contribution in [2.75, 3.05) is 75.0 Å². The van der Waals surface area contributed by atoms with Gasteiger partial charge in [-0.3, -0.25) is 9.69 Å². The van der Waals surface area contributed by atoms with Crippen molar-refractivity contribution in [3.8, 4) is 11.6 Å². The number of nitrogens with two attached hydrogens (primary N) is 1. The van der Waals surface area contributed by atoms with Crippen molar-refractivity contribution in [1.29, 1.82) is 0 Å². The number of nitrogens with zero attached hydrogens (tertiary/aromatic N) is 8. The number of hydrogen-bond acceptors (Lipinski definition) is 11. The number of carbonyl (C=O) groups excluding carboxylic acids is 1. The number of nitrogen functional groups attached to an aromatic ring is 1. The van der Waals surface area contributed by atoms with E-state index < -0.39 is 11.7 Å². The molecule has 13 nitrogen and oxygen atoms in total. The molecule has 1 aliphatic heterocycles. The van der Waals surface area contributed by atoms with Gasteiger partial charge in [0.25, 0.3) is 11.7 Å². The van der Waals surface area contributed by atoms with Gasteiger partial charge in [0.1, 0.15) is 5.82 Å². The van der Waals surface area contributed by atoms with E-state index in [0.29, 0.717) is 48.6 Å². The molecule has 1 aliphatic rings. The summed E-state index contributed by atoms with van der Waals surface area (Å²) in [5.41, 5.74) is 6.80. The number of carbonyl (C=O) groups is 1. The van der Waals surface area contributed by atoms with Crippen LogP contribution in [0.4, 0.5) is 22.0 Å². The van der Waals surface area contributed by atoms with Crippen LogP contribution in [0.3, 0.4) is 0 Å². The van der Waals surface area contributed by atoms with Crippen molar-refractivity contribution < 1.29 is 18.7 Å². The Morgan fingerprint density at radius 2 is 2.03 bits per heavy atom. The van der Waals surface area contributed by atoms with Crippen LogP contribution in [-0.4, -0.2) is 99.9 Å². The molecule has 0 bridgehead atoms. The molecular weight excluding hydrogens is 495 g/mol. The third-order valence-electron chi connectivity index (χ3n) is 6.38. The molecule has 4 heterocycles. The Kier molecular flexibility index (Phi) is 7.33. The number of amides is 1. The maximum absolute atomic E-state index is 14.7. The summed E-state index contributed by atoms with van der Waals surface area (Å²) in [5, 5.41) is 15.7. The van der Waals surface area contributed by atoms with Crippen LogP contribution in [0.1, 0.15) is 10.4 Å². The molecular formula is C24H29FN10O3. The minimum Gasteiger partial charge on any atom is -0.461 e. The summed E-state index contributed by atoms with van der Waals surface area (Å²) in [6.45, 7) is 4.19. The molecule has 1 amide bonds. The van der Waals surface area contributed by atoms with Gasteiger partial charge < -0.3 is 30.4 Å². The number of aliphatic hydroxyl groups excluding tert-OH is 1. The monoisotopic (exact) mass is 524 g/mol. The summed E-state index contributed by atoms with van der Waals surface area (Å²) in [7, 11) is 1.89. The van der Waals surface area contributed by atoms with Gasteiger partial charge in [-0.2, -0.15) is 19.5 Å². The molecule has 200 valence electrons. The number of aliphatic hydroxyl groups is 1. The average Bonchev–Trinajstić information content (AvgIpc) is 3.61. The number of rotatable bonds is 9. The fourth-order valence-electron chi connectivity index (χ4n) is 4.25. The van der Waals surface area contributed by atoms with Gasteiger partial charge in [0.15, 0.2) is 5.76 Å². The number of benzene rings is 1. The average molecular weight is 525 g/mol. The largest absolute Gasteiger partial charge is 0.461 e. The Labute approximate surface area is 217 Å². The van der Waals surface area contributed by atoms with E-state index >= 15 is 0 Å². The first-order valence-corrected chi connectivity index (χ1v) is 12.2. The number of anilines is 3. The first kappa shape index (κ1) is 25.4. The van der Waals surface area contributed by atoms with Gasteiger partial charge in [-0.05, 0) is 30.3 Å².